The maximum Gasteiger partial charge on any atom is 0.244 e. The molecule has 1 aliphatic carbocycles. The zero-order valence-electron chi connectivity index (χ0n) is 16.4. The number of carbonyl (C=O) groups excluding carboxylic acids is 1. The highest BCUT2D eigenvalue weighted by Gasteiger charge is 2.36. The Balaban J connectivity index is 1.54. The Hall–Kier alpha value is -2.53. The number of carbonyl (C=O) groups is 1. The van der Waals surface area contributed by atoms with Crippen LogP contribution in [0.1, 0.15) is 42.4 Å². The van der Waals surface area contributed by atoms with Crippen molar-refractivity contribution in [1.29, 1.82) is 0 Å². The lowest BCUT2D eigenvalue weighted by Crippen LogP contribution is -2.33. The van der Waals surface area contributed by atoms with E-state index in [-0.39, 0.29) is 11.9 Å². The minimum absolute atomic E-state index is 0.0832. The Labute approximate surface area is 161 Å². The fraction of sp³-hybridized carbons (Fsp3) is 0.409. The van der Waals surface area contributed by atoms with Crippen molar-refractivity contribution in [2.75, 3.05) is 27.7 Å². The third-order valence-corrected chi connectivity index (χ3v) is 5.12. The topological polar surface area (TPSA) is 54.7 Å². The van der Waals surface area contributed by atoms with Gasteiger partial charge in [0.2, 0.25) is 5.91 Å². The highest BCUT2D eigenvalue weighted by Crippen LogP contribution is 2.47. The number of furan rings is 1. The Morgan fingerprint density at radius 1 is 1.30 bits per heavy atom. The number of amides is 1. The summed E-state index contributed by atoms with van der Waals surface area (Å²) in [4.78, 5) is 14.3. The molecule has 1 saturated carbocycles. The SMILES string of the molecule is COc1ccc(C(CNC(=O)/C=C/c2ccc(C3CC3C)o2)N(C)C)cc1. The second-order valence-electron chi connectivity index (χ2n) is 7.39. The summed E-state index contributed by atoms with van der Waals surface area (Å²) in [6, 6.07) is 11.9. The van der Waals surface area contributed by atoms with Gasteiger partial charge in [-0.3, -0.25) is 4.79 Å². The van der Waals surface area contributed by atoms with Crippen molar-refractivity contribution in [3.8, 4) is 5.75 Å². The molecule has 144 valence electrons. The van der Waals surface area contributed by atoms with Crippen LogP contribution in [0.25, 0.3) is 6.08 Å². The van der Waals surface area contributed by atoms with Crippen molar-refractivity contribution in [2.24, 2.45) is 5.92 Å². The van der Waals surface area contributed by atoms with Gasteiger partial charge in [-0.15, -0.1) is 0 Å². The number of hydrogen-bond donors (Lipinski definition) is 1. The summed E-state index contributed by atoms with van der Waals surface area (Å²) in [5, 5.41) is 2.97. The lowest BCUT2D eigenvalue weighted by Gasteiger charge is -2.25. The van der Waals surface area contributed by atoms with E-state index < -0.39 is 0 Å². The third-order valence-electron chi connectivity index (χ3n) is 5.12. The molecule has 1 aromatic carbocycles. The summed E-state index contributed by atoms with van der Waals surface area (Å²) in [5.74, 6) is 3.69. The van der Waals surface area contributed by atoms with E-state index in [0.29, 0.717) is 18.4 Å². The Morgan fingerprint density at radius 2 is 2.00 bits per heavy atom. The molecule has 5 nitrogen and oxygen atoms in total. The van der Waals surface area contributed by atoms with Crippen molar-refractivity contribution in [1.82, 2.24) is 10.2 Å². The Morgan fingerprint density at radius 3 is 2.59 bits per heavy atom. The van der Waals surface area contributed by atoms with Crippen LogP contribution in [0.15, 0.2) is 46.9 Å². The summed E-state index contributed by atoms with van der Waals surface area (Å²) < 4.78 is 11.0. The predicted molar refractivity (Wildman–Crippen MR) is 107 cm³/mol. The first-order chi connectivity index (χ1) is 13.0. The fourth-order valence-electron chi connectivity index (χ4n) is 3.21. The number of likely N-dealkylation sites (N-methyl/N-ethyl adjacent to an activating group) is 1. The monoisotopic (exact) mass is 368 g/mol. The molecule has 1 heterocycles. The second kappa shape index (κ2) is 8.44. The molecule has 1 aliphatic rings. The largest absolute Gasteiger partial charge is 0.497 e. The van der Waals surface area contributed by atoms with E-state index in [9.17, 15) is 4.79 Å². The standard InChI is InChI=1S/C22H28N2O3/c1-15-13-19(15)21-11-9-18(27-21)10-12-22(25)23-14-20(24(2)3)16-5-7-17(26-4)8-6-16/h5-12,15,19-20H,13-14H2,1-4H3,(H,23,25)/b12-10+. The van der Waals surface area contributed by atoms with E-state index in [1.807, 2.05) is 50.5 Å². The quantitative estimate of drug-likeness (QED) is 0.719. The normalized spacial score (nSPS) is 20.0. The summed E-state index contributed by atoms with van der Waals surface area (Å²) in [5.41, 5.74) is 1.12. The molecule has 3 unspecified atom stereocenters. The third kappa shape index (κ3) is 5.01. The van der Waals surface area contributed by atoms with Crippen LogP contribution in [0.2, 0.25) is 0 Å². The van der Waals surface area contributed by atoms with Gasteiger partial charge in [0.05, 0.1) is 13.2 Å². The van der Waals surface area contributed by atoms with Crippen LogP contribution in [0.5, 0.6) is 5.75 Å². The van der Waals surface area contributed by atoms with Crippen molar-refractivity contribution in [3.63, 3.8) is 0 Å². The summed E-state index contributed by atoms with van der Waals surface area (Å²) in [6.07, 6.45) is 4.44. The summed E-state index contributed by atoms with van der Waals surface area (Å²) in [6.45, 7) is 2.74. The average Bonchev–Trinajstić information content (AvgIpc) is 3.20. The number of nitrogens with one attached hydrogen (secondary N) is 1. The first-order valence-electron chi connectivity index (χ1n) is 9.34. The van der Waals surface area contributed by atoms with Gasteiger partial charge in [-0.05, 0) is 62.3 Å². The fourth-order valence-corrected chi connectivity index (χ4v) is 3.21. The molecule has 27 heavy (non-hydrogen) atoms. The molecule has 0 radical (unpaired) electrons. The number of methoxy groups -OCH3 is 1. The maximum atomic E-state index is 12.2. The molecular formula is C22H28N2O3. The zero-order chi connectivity index (χ0) is 19.4. The minimum atomic E-state index is -0.131. The Kier molecular flexibility index (Phi) is 6.01. The van der Waals surface area contributed by atoms with Crippen molar-refractivity contribution in [3.05, 3.63) is 59.6 Å². The van der Waals surface area contributed by atoms with Crippen LogP contribution >= 0.6 is 0 Å². The van der Waals surface area contributed by atoms with Gasteiger partial charge in [0.25, 0.3) is 0 Å². The van der Waals surface area contributed by atoms with E-state index in [2.05, 4.69) is 17.1 Å². The van der Waals surface area contributed by atoms with Gasteiger partial charge in [0, 0.05) is 18.5 Å². The van der Waals surface area contributed by atoms with Gasteiger partial charge in [0.15, 0.2) is 0 Å². The zero-order valence-corrected chi connectivity index (χ0v) is 16.4. The molecule has 2 aromatic rings. The van der Waals surface area contributed by atoms with Gasteiger partial charge in [-0.25, -0.2) is 0 Å². The van der Waals surface area contributed by atoms with Crippen LogP contribution in [-0.4, -0.2) is 38.6 Å². The number of rotatable bonds is 8. The molecule has 1 N–H and O–H groups in total. The number of benzene rings is 1. The molecule has 3 atom stereocenters. The molecule has 0 saturated heterocycles. The minimum Gasteiger partial charge on any atom is -0.497 e. The summed E-state index contributed by atoms with van der Waals surface area (Å²) >= 11 is 0. The van der Waals surface area contributed by atoms with Crippen molar-refractivity contribution >= 4 is 12.0 Å². The number of nitrogens with zero attached hydrogens (tertiary/aromatic N) is 1. The lowest BCUT2D eigenvalue weighted by atomic mass is 10.1. The molecule has 0 bridgehead atoms. The first kappa shape index (κ1) is 19.2. The van der Waals surface area contributed by atoms with E-state index in [1.54, 1.807) is 13.2 Å². The van der Waals surface area contributed by atoms with Crippen LogP contribution in [0.3, 0.4) is 0 Å². The first-order valence-corrected chi connectivity index (χ1v) is 9.34. The predicted octanol–water partition coefficient (Wildman–Crippen LogP) is 3.84. The van der Waals surface area contributed by atoms with E-state index in [0.717, 1.165) is 22.8 Å². The van der Waals surface area contributed by atoms with Gasteiger partial charge in [0.1, 0.15) is 17.3 Å². The highest BCUT2D eigenvalue weighted by molar-refractivity contribution is 5.91. The molecule has 0 spiro atoms. The average molecular weight is 368 g/mol. The van der Waals surface area contributed by atoms with Gasteiger partial charge < -0.3 is 19.4 Å². The molecule has 0 aliphatic heterocycles. The van der Waals surface area contributed by atoms with Crippen LogP contribution in [-0.2, 0) is 4.79 Å². The van der Waals surface area contributed by atoms with Gasteiger partial charge >= 0.3 is 0 Å². The molecule has 1 fully saturated rings. The van der Waals surface area contributed by atoms with E-state index >= 15 is 0 Å². The molecule has 3 rings (SSSR count). The van der Waals surface area contributed by atoms with Crippen molar-refractivity contribution in [2.45, 2.75) is 25.3 Å². The number of hydrogen-bond acceptors (Lipinski definition) is 4. The van der Waals surface area contributed by atoms with Crippen LogP contribution in [0.4, 0.5) is 0 Å². The van der Waals surface area contributed by atoms with Gasteiger partial charge in [-0.2, -0.15) is 0 Å². The highest BCUT2D eigenvalue weighted by atomic mass is 16.5. The molecule has 1 aromatic heterocycles. The van der Waals surface area contributed by atoms with Gasteiger partial charge in [-0.1, -0.05) is 19.1 Å². The Bertz CT molecular complexity index is 792. The molecule has 1 amide bonds. The molecular weight excluding hydrogens is 340 g/mol. The van der Waals surface area contributed by atoms with Crippen LogP contribution in [0, 0.1) is 5.92 Å². The number of ether oxygens (including phenoxy) is 1. The smallest absolute Gasteiger partial charge is 0.244 e. The van der Waals surface area contributed by atoms with Crippen LogP contribution < -0.4 is 10.1 Å². The van der Waals surface area contributed by atoms with Crippen molar-refractivity contribution < 1.29 is 13.9 Å². The maximum absolute atomic E-state index is 12.2. The van der Waals surface area contributed by atoms with E-state index in [4.69, 9.17) is 9.15 Å². The molecule has 5 heteroatoms. The van der Waals surface area contributed by atoms with E-state index in [1.165, 1.54) is 12.5 Å². The summed E-state index contributed by atoms with van der Waals surface area (Å²) in [7, 11) is 5.65. The lowest BCUT2D eigenvalue weighted by molar-refractivity contribution is -0.116. The second-order valence-corrected chi connectivity index (χ2v) is 7.39.